The fraction of sp³-hybridized carbons (Fsp3) is 0.636. The Morgan fingerprint density at radius 2 is 2.06 bits per heavy atom. The first-order chi connectivity index (χ1) is 7.64. The quantitative estimate of drug-likeness (QED) is 0.713. The van der Waals surface area contributed by atoms with Crippen molar-refractivity contribution in [2.75, 3.05) is 24.2 Å². The number of hydrogen-bond acceptors (Lipinski definition) is 5. The Kier molecular flexibility index (Phi) is 2.96. The van der Waals surface area contributed by atoms with Crippen molar-refractivity contribution in [1.29, 1.82) is 0 Å². The number of aliphatic hydroxyl groups is 1. The average molecular weight is 222 g/mol. The lowest BCUT2D eigenvalue weighted by molar-refractivity contribution is -0.0202. The topological polar surface area (TPSA) is 70.1 Å². The Morgan fingerprint density at radius 1 is 1.38 bits per heavy atom. The SMILES string of the molecule is CNc1ncnc(NCC2(O)CCC2)c1C. The van der Waals surface area contributed by atoms with Gasteiger partial charge in [-0.25, -0.2) is 9.97 Å². The third-order valence-corrected chi connectivity index (χ3v) is 3.19. The van der Waals surface area contributed by atoms with Gasteiger partial charge >= 0.3 is 0 Å². The standard InChI is InChI=1S/C11H18N4O/c1-8-9(12-2)14-7-15-10(8)13-6-11(16)4-3-5-11/h7,16H,3-6H2,1-2H3,(H2,12,13,14,15). The summed E-state index contributed by atoms with van der Waals surface area (Å²) in [6.45, 7) is 2.52. The number of rotatable bonds is 4. The summed E-state index contributed by atoms with van der Waals surface area (Å²) < 4.78 is 0. The fourth-order valence-corrected chi connectivity index (χ4v) is 1.89. The smallest absolute Gasteiger partial charge is 0.134 e. The second-order valence-corrected chi connectivity index (χ2v) is 4.38. The van der Waals surface area contributed by atoms with E-state index in [1.165, 1.54) is 6.33 Å². The van der Waals surface area contributed by atoms with E-state index in [0.29, 0.717) is 6.54 Å². The van der Waals surface area contributed by atoms with Crippen molar-refractivity contribution >= 4 is 11.6 Å². The summed E-state index contributed by atoms with van der Waals surface area (Å²) in [7, 11) is 1.83. The maximum atomic E-state index is 9.97. The minimum atomic E-state index is -0.531. The average Bonchev–Trinajstić information content (AvgIpc) is 2.25. The first kappa shape index (κ1) is 11.1. The molecule has 0 atom stereocenters. The van der Waals surface area contributed by atoms with Crippen molar-refractivity contribution in [3.8, 4) is 0 Å². The predicted molar refractivity (Wildman–Crippen MR) is 63.6 cm³/mol. The molecule has 1 aliphatic rings. The molecule has 0 bridgehead atoms. The van der Waals surface area contributed by atoms with Crippen LogP contribution in [-0.2, 0) is 0 Å². The van der Waals surface area contributed by atoms with Crippen LogP contribution in [0.3, 0.4) is 0 Å². The zero-order valence-corrected chi connectivity index (χ0v) is 9.75. The molecule has 0 radical (unpaired) electrons. The van der Waals surface area contributed by atoms with Gasteiger partial charge in [0, 0.05) is 19.2 Å². The van der Waals surface area contributed by atoms with Gasteiger partial charge in [-0.15, -0.1) is 0 Å². The molecule has 88 valence electrons. The highest BCUT2D eigenvalue weighted by molar-refractivity contribution is 5.56. The molecular weight excluding hydrogens is 204 g/mol. The van der Waals surface area contributed by atoms with E-state index < -0.39 is 5.60 Å². The molecule has 0 saturated heterocycles. The summed E-state index contributed by atoms with van der Waals surface area (Å²) in [5, 5.41) is 16.2. The molecule has 1 aliphatic carbocycles. The Balaban J connectivity index is 2.03. The minimum Gasteiger partial charge on any atom is -0.388 e. The van der Waals surface area contributed by atoms with Gasteiger partial charge < -0.3 is 15.7 Å². The van der Waals surface area contributed by atoms with Crippen LogP contribution >= 0.6 is 0 Å². The molecule has 1 fully saturated rings. The van der Waals surface area contributed by atoms with Crippen LogP contribution in [0.1, 0.15) is 24.8 Å². The van der Waals surface area contributed by atoms with Crippen LogP contribution in [0.2, 0.25) is 0 Å². The second-order valence-electron chi connectivity index (χ2n) is 4.38. The fourth-order valence-electron chi connectivity index (χ4n) is 1.89. The van der Waals surface area contributed by atoms with Gasteiger partial charge in [0.15, 0.2) is 0 Å². The van der Waals surface area contributed by atoms with Crippen LogP contribution in [-0.4, -0.2) is 34.3 Å². The molecule has 16 heavy (non-hydrogen) atoms. The van der Waals surface area contributed by atoms with Gasteiger partial charge in [0.25, 0.3) is 0 Å². The Labute approximate surface area is 95.3 Å². The van der Waals surface area contributed by atoms with Gasteiger partial charge in [0.1, 0.15) is 18.0 Å². The zero-order valence-electron chi connectivity index (χ0n) is 9.75. The van der Waals surface area contributed by atoms with E-state index in [0.717, 1.165) is 36.5 Å². The largest absolute Gasteiger partial charge is 0.388 e. The molecular formula is C11H18N4O. The van der Waals surface area contributed by atoms with Gasteiger partial charge in [-0.1, -0.05) is 0 Å². The van der Waals surface area contributed by atoms with E-state index in [1.54, 1.807) is 0 Å². The summed E-state index contributed by atoms with van der Waals surface area (Å²) in [5.74, 6) is 1.61. The van der Waals surface area contributed by atoms with Crippen molar-refractivity contribution in [2.24, 2.45) is 0 Å². The lowest BCUT2D eigenvalue weighted by atomic mass is 9.80. The van der Waals surface area contributed by atoms with Crippen LogP contribution in [0.25, 0.3) is 0 Å². The molecule has 1 heterocycles. The second kappa shape index (κ2) is 4.25. The molecule has 5 heteroatoms. The number of nitrogens with one attached hydrogen (secondary N) is 2. The summed E-state index contributed by atoms with van der Waals surface area (Å²) in [6, 6.07) is 0. The molecule has 3 N–H and O–H groups in total. The van der Waals surface area contributed by atoms with Gasteiger partial charge in [-0.05, 0) is 26.2 Å². The molecule has 0 aliphatic heterocycles. The van der Waals surface area contributed by atoms with Gasteiger partial charge in [-0.3, -0.25) is 0 Å². The summed E-state index contributed by atoms with van der Waals surface area (Å²) >= 11 is 0. The number of nitrogens with zero attached hydrogens (tertiary/aromatic N) is 2. The minimum absolute atomic E-state index is 0.531. The normalized spacial score (nSPS) is 17.7. The summed E-state index contributed by atoms with van der Waals surface area (Å²) in [5.41, 5.74) is 0.449. The first-order valence-electron chi connectivity index (χ1n) is 5.60. The van der Waals surface area contributed by atoms with Crippen molar-refractivity contribution in [2.45, 2.75) is 31.8 Å². The lowest BCUT2D eigenvalue weighted by Gasteiger charge is -2.36. The van der Waals surface area contributed by atoms with Gasteiger partial charge in [0.05, 0.1) is 5.60 Å². The lowest BCUT2D eigenvalue weighted by Crippen LogP contribution is -2.43. The molecule has 0 amide bonds. The van der Waals surface area contributed by atoms with E-state index >= 15 is 0 Å². The highest BCUT2D eigenvalue weighted by atomic mass is 16.3. The van der Waals surface area contributed by atoms with Crippen molar-refractivity contribution < 1.29 is 5.11 Å². The van der Waals surface area contributed by atoms with E-state index in [4.69, 9.17) is 0 Å². The monoisotopic (exact) mass is 222 g/mol. The van der Waals surface area contributed by atoms with Crippen LogP contribution in [0, 0.1) is 6.92 Å². The maximum absolute atomic E-state index is 9.97. The third kappa shape index (κ3) is 2.09. The molecule has 1 saturated carbocycles. The molecule has 0 unspecified atom stereocenters. The van der Waals surface area contributed by atoms with Crippen LogP contribution in [0.5, 0.6) is 0 Å². The number of anilines is 2. The Bertz CT molecular complexity index is 376. The van der Waals surface area contributed by atoms with Crippen molar-refractivity contribution in [3.05, 3.63) is 11.9 Å². The summed E-state index contributed by atoms with van der Waals surface area (Å²) in [4.78, 5) is 8.29. The highest BCUT2D eigenvalue weighted by Crippen LogP contribution is 2.31. The van der Waals surface area contributed by atoms with Crippen LogP contribution in [0.4, 0.5) is 11.6 Å². The third-order valence-electron chi connectivity index (χ3n) is 3.19. The van der Waals surface area contributed by atoms with E-state index in [2.05, 4.69) is 20.6 Å². The Hall–Kier alpha value is -1.36. The highest BCUT2D eigenvalue weighted by Gasteiger charge is 2.34. The number of hydrogen-bond donors (Lipinski definition) is 3. The molecule has 0 aromatic carbocycles. The predicted octanol–water partition coefficient (Wildman–Crippen LogP) is 1.15. The zero-order chi connectivity index (χ0) is 11.6. The first-order valence-corrected chi connectivity index (χ1v) is 5.60. The molecule has 5 nitrogen and oxygen atoms in total. The van der Waals surface area contributed by atoms with Crippen molar-refractivity contribution in [1.82, 2.24) is 9.97 Å². The van der Waals surface area contributed by atoms with Crippen molar-refractivity contribution in [3.63, 3.8) is 0 Å². The van der Waals surface area contributed by atoms with E-state index in [-0.39, 0.29) is 0 Å². The van der Waals surface area contributed by atoms with Gasteiger partial charge in [-0.2, -0.15) is 0 Å². The molecule has 0 spiro atoms. The molecule has 1 aromatic heterocycles. The molecule has 1 aromatic rings. The van der Waals surface area contributed by atoms with Crippen LogP contribution < -0.4 is 10.6 Å². The summed E-state index contributed by atoms with van der Waals surface area (Å²) in [6.07, 6.45) is 4.39. The van der Waals surface area contributed by atoms with Gasteiger partial charge in [0.2, 0.25) is 0 Å². The Morgan fingerprint density at radius 3 is 2.62 bits per heavy atom. The van der Waals surface area contributed by atoms with Crippen LogP contribution in [0.15, 0.2) is 6.33 Å². The van der Waals surface area contributed by atoms with E-state index in [9.17, 15) is 5.11 Å². The number of aromatic nitrogens is 2. The maximum Gasteiger partial charge on any atom is 0.134 e. The van der Waals surface area contributed by atoms with E-state index in [1.807, 2.05) is 14.0 Å². The molecule has 2 rings (SSSR count).